The summed E-state index contributed by atoms with van der Waals surface area (Å²) in [6.07, 6.45) is 3.43. The average molecular weight is 339 g/mol. The van der Waals surface area contributed by atoms with E-state index in [9.17, 15) is 4.79 Å². The van der Waals surface area contributed by atoms with Gasteiger partial charge in [0.2, 0.25) is 12.3 Å². The Morgan fingerprint density at radius 3 is 2.26 bits per heavy atom. The highest BCUT2D eigenvalue weighted by Crippen LogP contribution is 2.09. The van der Waals surface area contributed by atoms with Crippen LogP contribution in [0.15, 0.2) is 48.8 Å². The van der Waals surface area contributed by atoms with Crippen molar-refractivity contribution in [3.63, 3.8) is 0 Å². The lowest BCUT2D eigenvalue weighted by atomic mass is 10.1. The lowest BCUT2D eigenvalue weighted by Gasteiger charge is -1.98. The number of halogens is 2. The summed E-state index contributed by atoms with van der Waals surface area (Å²) in [4.78, 5) is 12.0. The van der Waals surface area contributed by atoms with Gasteiger partial charge >= 0.3 is 0 Å². The van der Waals surface area contributed by atoms with E-state index in [0.717, 1.165) is 0 Å². The summed E-state index contributed by atoms with van der Waals surface area (Å²) in [6, 6.07) is 12.2. The van der Waals surface area contributed by atoms with Crippen LogP contribution in [0.25, 0.3) is 0 Å². The van der Waals surface area contributed by atoms with Gasteiger partial charge in [-0.2, -0.15) is 9.83 Å². The molecular formula is C14H11BrClN2O+. The normalized spacial score (nSPS) is 9.26. The molecule has 0 saturated heterocycles. The third-order valence-electron chi connectivity index (χ3n) is 2.51. The molecule has 0 aliphatic rings. The van der Waals surface area contributed by atoms with Gasteiger partial charge in [0.15, 0.2) is 12.4 Å². The molecule has 0 atom stereocenters. The molecule has 19 heavy (non-hydrogen) atoms. The largest absolute Gasteiger partial charge is 0.287 e. The molecule has 96 valence electrons. The van der Waals surface area contributed by atoms with E-state index in [0.29, 0.717) is 16.1 Å². The molecule has 1 heterocycles. The molecule has 2 rings (SSSR count). The minimum Gasteiger partial charge on any atom is -0.287 e. The van der Waals surface area contributed by atoms with Gasteiger partial charge in [0.25, 0.3) is 0 Å². The smallest absolute Gasteiger partial charge is 0.227 e. The summed E-state index contributed by atoms with van der Waals surface area (Å²) in [5, 5.41) is 9.28. The van der Waals surface area contributed by atoms with Gasteiger partial charge < -0.3 is 0 Å². The van der Waals surface area contributed by atoms with Crippen molar-refractivity contribution in [1.82, 2.24) is 0 Å². The van der Waals surface area contributed by atoms with Crippen molar-refractivity contribution in [2.45, 2.75) is 6.54 Å². The van der Waals surface area contributed by atoms with Crippen LogP contribution in [-0.2, 0) is 6.54 Å². The molecule has 0 N–H and O–H groups in total. The summed E-state index contributed by atoms with van der Waals surface area (Å²) in [5.74, 6) is 0.00127. The van der Waals surface area contributed by atoms with Crippen LogP contribution in [0.1, 0.15) is 15.9 Å². The van der Waals surface area contributed by atoms with Crippen LogP contribution in [0.3, 0.4) is 0 Å². The van der Waals surface area contributed by atoms with Gasteiger partial charge in [-0.3, -0.25) is 4.79 Å². The molecule has 0 radical (unpaired) electrons. The number of nitrogens with zero attached hydrogens (tertiary/aromatic N) is 2. The molecule has 0 amide bonds. The SMILES string of the molecule is Br.N#Cc1cc[n+](CC(=O)c2ccc(Cl)cc2)cc1. The zero-order valence-electron chi connectivity index (χ0n) is 9.91. The first-order valence-electron chi connectivity index (χ1n) is 5.37. The zero-order chi connectivity index (χ0) is 13.0. The van der Waals surface area contributed by atoms with Gasteiger partial charge in [-0.15, -0.1) is 17.0 Å². The Labute approximate surface area is 126 Å². The number of pyridine rings is 1. The van der Waals surface area contributed by atoms with Crippen LogP contribution in [-0.4, -0.2) is 5.78 Å². The molecule has 0 bridgehead atoms. The van der Waals surface area contributed by atoms with Crippen LogP contribution in [0, 0.1) is 11.3 Å². The Kier molecular flexibility index (Phi) is 5.68. The Bertz CT molecular complexity index is 603. The number of benzene rings is 1. The summed E-state index contributed by atoms with van der Waals surface area (Å²) in [6.45, 7) is 0.243. The Hall–Kier alpha value is -1.70. The quantitative estimate of drug-likeness (QED) is 0.638. The van der Waals surface area contributed by atoms with E-state index in [-0.39, 0.29) is 29.3 Å². The monoisotopic (exact) mass is 337 g/mol. The predicted octanol–water partition coefficient (Wildman–Crippen LogP) is 2.96. The van der Waals surface area contributed by atoms with Crippen molar-refractivity contribution in [2.75, 3.05) is 0 Å². The topological polar surface area (TPSA) is 44.7 Å². The van der Waals surface area contributed by atoms with Gasteiger partial charge in [0, 0.05) is 22.7 Å². The highest BCUT2D eigenvalue weighted by molar-refractivity contribution is 8.93. The van der Waals surface area contributed by atoms with Gasteiger partial charge in [0.05, 0.1) is 11.6 Å². The Morgan fingerprint density at radius 1 is 1.16 bits per heavy atom. The standard InChI is InChI=1S/C14H10ClN2O.BrH/c15-13-3-1-12(2-4-13)14(18)10-17-7-5-11(9-16)6-8-17;/h1-8H,10H2;1H/q+1;. The molecule has 5 heteroatoms. The molecule has 0 aliphatic heterocycles. The fourth-order valence-corrected chi connectivity index (χ4v) is 1.66. The average Bonchev–Trinajstić information content (AvgIpc) is 2.40. The second kappa shape index (κ2) is 7.03. The maximum atomic E-state index is 12.0. The van der Waals surface area contributed by atoms with Crippen LogP contribution in [0.2, 0.25) is 5.02 Å². The number of Topliss-reactive ketones (excluding diaryl/α,β-unsaturated/α-hetero) is 1. The van der Waals surface area contributed by atoms with E-state index in [2.05, 4.69) is 0 Å². The minimum atomic E-state index is 0. The molecule has 3 nitrogen and oxygen atoms in total. The molecule has 0 unspecified atom stereocenters. The highest BCUT2D eigenvalue weighted by atomic mass is 79.9. The molecule has 0 spiro atoms. The van der Waals surface area contributed by atoms with E-state index in [4.69, 9.17) is 16.9 Å². The van der Waals surface area contributed by atoms with E-state index in [1.54, 1.807) is 53.4 Å². The first-order chi connectivity index (χ1) is 8.69. The first-order valence-corrected chi connectivity index (χ1v) is 5.75. The molecular weight excluding hydrogens is 328 g/mol. The van der Waals surface area contributed by atoms with Gasteiger partial charge in [-0.1, -0.05) is 11.6 Å². The van der Waals surface area contributed by atoms with Crippen molar-refractivity contribution in [2.24, 2.45) is 0 Å². The lowest BCUT2D eigenvalue weighted by molar-refractivity contribution is -0.683. The molecule has 0 aliphatic carbocycles. The van der Waals surface area contributed by atoms with Crippen molar-refractivity contribution in [1.29, 1.82) is 5.26 Å². The molecule has 2 aromatic rings. The first kappa shape index (κ1) is 15.4. The van der Waals surface area contributed by atoms with Crippen LogP contribution >= 0.6 is 28.6 Å². The van der Waals surface area contributed by atoms with Crippen molar-refractivity contribution < 1.29 is 9.36 Å². The van der Waals surface area contributed by atoms with Crippen molar-refractivity contribution in [3.05, 3.63) is 64.9 Å². The maximum Gasteiger partial charge on any atom is 0.227 e. The maximum absolute atomic E-state index is 12.0. The molecule has 1 aromatic heterocycles. The Balaban J connectivity index is 0.00000180. The number of carbonyl (C=O) groups is 1. The fourth-order valence-electron chi connectivity index (χ4n) is 1.53. The van der Waals surface area contributed by atoms with Gasteiger partial charge in [0.1, 0.15) is 0 Å². The summed E-state index contributed by atoms with van der Waals surface area (Å²) < 4.78 is 1.73. The Morgan fingerprint density at radius 2 is 1.74 bits per heavy atom. The number of hydrogen-bond donors (Lipinski definition) is 0. The van der Waals surface area contributed by atoms with Crippen molar-refractivity contribution >= 4 is 34.4 Å². The van der Waals surface area contributed by atoms with Crippen molar-refractivity contribution in [3.8, 4) is 6.07 Å². The molecule has 1 aromatic carbocycles. The number of hydrogen-bond acceptors (Lipinski definition) is 2. The zero-order valence-corrected chi connectivity index (χ0v) is 12.4. The van der Waals surface area contributed by atoms with Crippen LogP contribution < -0.4 is 4.57 Å². The second-order valence-corrected chi connectivity index (χ2v) is 4.24. The van der Waals surface area contributed by atoms with Gasteiger partial charge in [-0.25, -0.2) is 0 Å². The van der Waals surface area contributed by atoms with Crippen LogP contribution in [0.5, 0.6) is 0 Å². The second-order valence-electron chi connectivity index (χ2n) is 3.80. The van der Waals surface area contributed by atoms with Crippen LogP contribution in [0.4, 0.5) is 0 Å². The summed E-state index contributed by atoms with van der Waals surface area (Å²) in [7, 11) is 0. The number of aromatic nitrogens is 1. The minimum absolute atomic E-state index is 0. The van der Waals surface area contributed by atoms with Gasteiger partial charge in [-0.05, 0) is 24.3 Å². The third-order valence-corrected chi connectivity index (χ3v) is 2.76. The lowest BCUT2D eigenvalue weighted by Crippen LogP contribution is -2.37. The van der Waals surface area contributed by atoms with E-state index < -0.39 is 0 Å². The number of carbonyl (C=O) groups excluding carboxylic acids is 1. The summed E-state index contributed by atoms with van der Waals surface area (Å²) >= 11 is 5.76. The summed E-state index contributed by atoms with van der Waals surface area (Å²) in [5.41, 5.74) is 1.20. The van der Waals surface area contributed by atoms with E-state index >= 15 is 0 Å². The number of nitriles is 1. The third kappa shape index (κ3) is 4.16. The van der Waals surface area contributed by atoms with E-state index in [1.807, 2.05) is 6.07 Å². The highest BCUT2D eigenvalue weighted by Gasteiger charge is 2.11. The van der Waals surface area contributed by atoms with E-state index in [1.165, 1.54) is 0 Å². The fraction of sp³-hybridized carbons (Fsp3) is 0.0714. The predicted molar refractivity (Wildman–Crippen MR) is 77.5 cm³/mol. The molecule has 0 saturated carbocycles. The number of rotatable bonds is 3. The number of ketones is 1. The molecule has 0 fully saturated rings.